The van der Waals surface area contributed by atoms with E-state index >= 15 is 0 Å². The summed E-state index contributed by atoms with van der Waals surface area (Å²) in [6.07, 6.45) is 1.94. The number of carbonyl (C=O) groups is 2. The summed E-state index contributed by atoms with van der Waals surface area (Å²) in [6, 6.07) is 15.0. The number of hydrogen-bond donors (Lipinski definition) is 2. The van der Waals surface area contributed by atoms with E-state index in [1.54, 1.807) is 0 Å². The van der Waals surface area contributed by atoms with Gasteiger partial charge in [-0.1, -0.05) is 41.9 Å². The van der Waals surface area contributed by atoms with Gasteiger partial charge in [-0.25, -0.2) is 5.43 Å². The van der Waals surface area contributed by atoms with Crippen LogP contribution in [0.3, 0.4) is 0 Å². The van der Waals surface area contributed by atoms with Gasteiger partial charge in [-0.2, -0.15) is 5.10 Å². The van der Waals surface area contributed by atoms with Gasteiger partial charge in [-0.05, 0) is 43.5 Å². The fourth-order valence-corrected chi connectivity index (χ4v) is 4.20. The molecule has 0 bridgehead atoms. The van der Waals surface area contributed by atoms with Crippen LogP contribution in [-0.2, 0) is 4.79 Å². The second-order valence-corrected chi connectivity index (χ2v) is 8.15. The smallest absolute Gasteiger partial charge is 0.283 e. The molecule has 1 aliphatic rings. The number of benzene rings is 2. The lowest BCUT2D eigenvalue weighted by Gasteiger charge is -2.06. The van der Waals surface area contributed by atoms with E-state index in [0.29, 0.717) is 15.6 Å². The molecule has 0 atom stereocenters. The van der Waals surface area contributed by atoms with Crippen molar-refractivity contribution in [2.75, 3.05) is 5.32 Å². The molecule has 28 heavy (non-hydrogen) atoms. The van der Waals surface area contributed by atoms with Crippen LogP contribution in [0.2, 0.25) is 5.02 Å². The lowest BCUT2D eigenvalue weighted by atomic mass is 10.1. The van der Waals surface area contributed by atoms with Crippen LogP contribution in [0.4, 0.5) is 5.69 Å². The van der Waals surface area contributed by atoms with Crippen molar-refractivity contribution >= 4 is 56.2 Å². The maximum Gasteiger partial charge on any atom is 0.283 e. The number of hydrazone groups is 1. The molecule has 1 aromatic heterocycles. The van der Waals surface area contributed by atoms with E-state index < -0.39 is 0 Å². The number of thiophene rings is 1. The average Bonchev–Trinajstić information content (AvgIpc) is 3.51. The van der Waals surface area contributed by atoms with E-state index in [1.807, 2.05) is 55.5 Å². The third kappa shape index (κ3) is 3.93. The van der Waals surface area contributed by atoms with Gasteiger partial charge < -0.3 is 5.32 Å². The Morgan fingerprint density at radius 2 is 1.82 bits per heavy atom. The van der Waals surface area contributed by atoms with Crippen LogP contribution in [0.15, 0.2) is 53.6 Å². The zero-order valence-electron chi connectivity index (χ0n) is 15.2. The third-order valence-electron chi connectivity index (χ3n) is 4.58. The molecule has 2 N–H and O–H groups in total. The Morgan fingerprint density at radius 3 is 2.50 bits per heavy atom. The molecule has 0 saturated heterocycles. The van der Waals surface area contributed by atoms with E-state index in [1.165, 1.54) is 11.3 Å². The van der Waals surface area contributed by atoms with Gasteiger partial charge in [0.05, 0.1) is 10.7 Å². The van der Waals surface area contributed by atoms with Crippen LogP contribution in [-0.4, -0.2) is 17.5 Å². The Hall–Kier alpha value is -2.70. The minimum absolute atomic E-state index is 0.0746. The average molecular weight is 412 g/mol. The van der Waals surface area contributed by atoms with E-state index in [-0.39, 0.29) is 17.7 Å². The first-order valence-electron chi connectivity index (χ1n) is 8.96. The predicted molar refractivity (Wildman–Crippen MR) is 114 cm³/mol. The molecule has 4 rings (SSSR count). The first-order chi connectivity index (χ1) is 13.5. The summed E-state index contributed by atoms with van der Waals surface area (Å²) in [6.45, 7) is 1.81. The third-order valence-corrected chi connectivity index (χ3v) is 6.26. The van der Waals surface area contributed by atoms with Gasteiger partial charge in [0.25, 0.3) is 5.91 Å². The molecule has 2 aromatic carbocycles. The van der Waals surface area contributed by atoms with Gasteiger partial charge in [0.1, 0.15) is 4.88 Å². The van der Waals surface area contributed by atoms with Gasteiger partial charge in [-0.15, -0.1) is 11.3 Å². The van der Waals surface area contributed by atoms with Gasteiger partial charge in [0.15, 0.2) is 0 Å². The van der Waals surface area contributed by atoms with Crippen molar-refractivity contribution in [3.05, 3.63) is 64.0 Å². The highest BCUT2D eigenvalue weighted by Crippen LogP contribution is 2.35. The summed E-state index contributed by atoms with van der Waals surface area (Å²) in [5.74, 6) is -0.0941. The van der Waals surface area contributed by atoms with Crippen LogP contribution < -0.4 is 10.7 Å². The van der Waals surface area contributed by atoms with E-state index in [0.717, 1.165) is 34.2 Å². The van der Waals surface area contributed by atoms with Crippen LogP contribution >= 0.6 is 22.9 Å². The number of fused-ring (bicyclic) bond motifs is 1. The number of carbonyl (C=O) groups excluding carboxylic acids is 2. The Labute approximate surface area is 171 Å². The first kappa shape index (κ1) is 18.7. The van der Waals surface area contributed by atoms with Crippen LogP contribution in [0.1, 0.15) is 35.0 Å². The summed E-state index contributed by atoms with van der Waals surface area (Å²) >= 11 is 7.68. The monoisotopic (exact) mass is 411 g/mol. The molecule has 0 radical (unpaired) electrons. The standard InChI is InChI=1S/C21H18ClN3O2S/c1-12(13-8-10-15(11-9-13)23-20(26)14-6-7-14)24-25-21(27)19-18(22)16-4-2-3-5-17(16)28-19/h2-5,8-11,14H,6-7H2,1H3,(H,23,26)(H,25,27)/b24-12-. The van der Waals surface area contributed by atoms with Crippen molar-refractivity contribution in [2.24, 2.45) is 11.0 Å². The fourth-order valence-electron chi connectivity index (χ4n) is 2.79. The Morgan fingerprint density at radius 1 is 1.11 bits per heavy atom. The fraction of sp³-hybridized carbons (Fsp3) is 0.190. The molecule has 1 saturated carbocycles. The maximum absolute atomic E-state index is 12.5. The molecule has 7 heteroatoms. The molecule has 0 aliphatic heterocycles. The van der Waals surface area contributed by atoms with Crippen LogP contribution in [0, 0.1) is 5.92 Å². The molecule has 2 amide bonds. The number of amides is 2. The van der Waals surface area contributed by atoms with Gasteiger partial charge >= 0.3 is 0 Å². The quantitative estimate of drug-likeness (QED) is 0.455. The highest BCUT2D eigenvalue weighted by Gasteiger charge is 2.29. The normalized spacial score (nSPS) is 14.1. The van der Waals surface area contributed by atoms with E-state index in [9.17, 15) is 9.59 Å². The summed E-state index contributed by atoms with van der Waals surface area (Å²) in [5, 5.41) is 8.40. The molecule has 3 aromatic rings. The number of hydrogen-bond acceptors (Lipinski definition) is 4. The molecule has 1 aliphatic carbocycles. The number of nitrogens with zero attached hydrogens (tertiary/aromatic N) is 1. The summed E-state index contributed by atoms with van der Waals surface area (Å²) < 4.78 is 0.960. The first-order valence-corrected chi connectivity index (χ1v) is 10.2. The Bertz CT molecular complexity index is 1080. The van der Waals surface area contributed by atoms with Crippen molar-refractivity contribution in [3.63, 3.8) is 0 Å². The molecule has 1 heterocycles. The molecule has 1 fully saturated rings. The number of halogens is 1. The van der Waals surface area contributed by atoms with Gasteiger partial charge in [0, 0.05) is 21.7 Å². The Balaban J connectivity index is 1.43. The van der Waals surface area contributed by atoms with Crippen LogP contribution in [0.5, 0.6) is 0 Å². The number of anilines is 1. The molecule has 142 valence electrons. The number of rotatable bonds is 5. The zero-order valence-corrected chi connectivity index (χ0v) is 16.7. The minimum Gasteiger partial charge on any atom is -0.326 e. The van der Waals surface area contributed by atoms with Gasteiger partial charge in [0.2, 0.25) is 5.91 Å². The molecule has 0 unspecified atom stereocenters. The molecular weight excluding hydrogens is 394 g/mol. The van der Waals surface area contributed by atoms with Crippen molar-refractivity contribution < 1.29 is 9.59 Å². The largest absolute Gasteiger partial charge is 0.326 e. The summed E-state index contributed by atoms with van der Waals surface area (Å²) in [7, 11) is 0. The van der Waals surface area contributed by atoms with Crippen molar-refractivity contribution in [3.8, 4) is 0 Å². The number of nitrogens with one attached hydrogen (secondary N) is 2. The Kier molecular flexibility index (Phi) is 5.15. The predicted octanol–water partition coefficient (Wildman–Crippen LogP) is 5.06. The van der Waals surface area contributed by atoms with E-state index in [2.05, 4.69) is 15.8 Å². The summed E-state index contributed by atoms with van der Waals surface area (Å²) in [5.41, 5.74) is 4.84. The highest BCUT2D eigenvalue weighted by atomic mass is 35.5. The van der Waals surface area contributed by atoms with Gasteiger partial charge in [-0.3, -0.25) is 9.59 Å². The van der Waals surface area contributed by atoms with Crippen molar-refractivity contribution in [1.82, 2.24) is 5.43 Å². The minimum atomic E-state index is -0.334. The highest BCUT2D eigenvalue weighted by molar-refractivity contribution is 7.21. The van der Waals surface area contributed by atoms with E-state index in [4.69, 9.17) is 11.6 Å². The van der Waals surface area contributed by atoms with Crippen molar-refractivity contribution in [2.45, 2.75) is 19.8 Å². The zero-order chi connectivity index (χ0) is 19.7. The maximum atomic E-state index is 12.5. The van der Waals surface area contributed by atoms with Crippen molar-refractivity contribution in [1.29, 1.82) is 0 Å². The molecular formula is C21H18ClN3O2S. The second kappa shape index (κ2) is 7.73. The molecule has 0 spiro atoms. The topological polar surface area (TPSA) is 70.6 Å². The molecule has 5 nitrogen and oxygen atoms in total. The summed E-state index contributed by atoms with van der Waals surface area (Å²) in [4.78, 5) is 24.7. The SMILES string of the molecule is C/C(=N/NC(=O)c1sc2ccccc2c1Cl)c1ccc(NC(=O)C2CC2)cc1. The van der Waals surface area contributed by atoms with Crippen LogP contribution in [0.25, 0.3) is 10.1 Å². The lowest BCUT2D eigenvalue weighted by Crippen LogP contribution is -2.18. The lowest BCUT2D eigenvalue weighted by molar-refractivity contribution is -0.117. The second-order valence-electron chi connectivity index (χ2n) is 6.72.